The molecule has 9 heteroatoms. The largest absolute Gasteiger partial charge is 0.372 e. The zero-order valence-corrected chi connectivity index (χ0v) is 17.9. The Morgan fingerprint density at radius 2 is 2.03 bits per heavy atom. The maximum Gasteiger partial charge on any atom is 0.251 e. The number of ether oxygens (including phenoxy) is 1. The van der Waals surface area contributed by atoms with Gasteiger partial charge in [0.15, 0.2) is 5.82 Å². The molecule has 3 heterocycles. The Kier molecular flexibility index (Phi) is 6.03. The summed E-state index contributed by atoms with van der Waals surface area (Å²) in [5, 5.41) is 11.7. The number of morpholine rings is 1. The summed E-state index contributed by atoms with van der Waals surface area (Å²) in [7, 11) is 0. The van der Waals surface area contributed by atoms with Crippen molar-refractivity contribution in [2.24, 2.45) is 0 Å². The van der Waals surface area contributed by atoms with Gasteiger partial charge in [0.25, 0.3) is 5.91 Å². The van der Waals surface area contributed by atoms with Gasteiger partial charge in [0, 0.05) is 37.9 Å². The van der Waals surface area contributed by atoms with E-state index in [9.17, 15) is 9.18 Å². The van der Waals surface area contributed by atoms with Gasteiger partial charge in [-0.2, -0.15) is 0 Å². The molecule has 2 aromatic heterocycles. The van der Waals surface area contributed by atoms with Crippen LogP contribution in [0.15, 0.2) is 36.5 Å². The summed E-state index contributed by atoms with van der Waals surface area (Å²) in [6.45, 7) is 7.98. The Balaban J connectivity index is 1.52. The van der Waals surface area contributed by atoms with E-state index in [0.29, 0.717) is 43.1 Å². The van der Waals surface area contributed by atoms with E-state index in [0.717, 1.165) is 11.6 Å². The van der Waals surface area contributed by atoms with E-state index >= 15 is 0 Å². The number of aromatic nitrogens is 4. The lowest BCUT2D eigenvalue weighted by atomic mass is 10.1. The van der Waals surface area contributed by atoms with E-state index in [1.807, 2.05) is 36.7 Å². The second-order valence-corrected chi connectivity index (χ2v) is 7.94. The highest BCUT2D eigenvalue weighted by atomic mass is 19.1. The van der Waals surface area contributed by atoms with Gasteiger partial charge in [0.05, 0.1) is 17.9 Å². The van der Waals surface area contributed by atoms with Gasteiger partial charge >= 0.3 is 0 Å². The van der Waals surface area contributed by atoms with Gasteiger partial charge in [-0.25, -0.2) is 4.39 Å². The molecule has 1 aromatic carbocycles. The Morgan fingerprint density at radius 3 is 2.71 bits per heavy atom. The van der Waals surface area contributed by atoms with Crippen molar-refractivity contribution in [3.8, 4) is 11.5 Å². The van der Waals surface area contributed by atoms with Crippen LogP contribution in [0.3, 0.4) is 0 Å². The molecule has 8 nitrogen and oxygen atoms in total. The summed E-state index contributed by atoms with van der Waals surface area (Å²) in [4.78, 5) is 17.8. The number of halogens is 1. The SMILES string of the molecule is Cc1ccc(C(=O)NCCn2c(-c3ccc[nH]3)nnc2N2CC(C)OC(C)C2)cc1F. The molecule has 0 spiro atoms. The van der Waals surface area contributed by atoms with Crippen LogP contribution in [-0.4, -0.2) is 57.5 Å². The van der Waals surface area contributed by atoms with Crippen molar-refractivity contribution in [2.45, 2.75) is 39.5 Å². The van der Waals surface area contributed by atoms with Crippen LogP contribution >= 0.6 is 0 Å². The quantitative estimate of drug-likeness (QED) is 0.633. The Hall–Kier alpha value is -3.20. The standard InChI is InChI=1S/C22H27FN6O2/c1-14-6-7-17(11-18(14)23)21(30)25-9-10-29-20(19-5-4-8-24-19)26-27-22(29)28-12-15(2)31-16(3)13-28/h4-8,11,15-16,24H,9-10,12-13H2,1-3H3,(H,25,30). The lowest BCUT2D eigenvalue weighted by Crippen LogP contribution is -2.46. The molecular formula is C22H27FN6O2. The second kappa shape index (κ2) is 8.89. The number of nitrogens with one attached hydrogen (secondary N) is 2. The first-order chi connectivity index (χ1) is 14.9. The van der Waals surface area contributed by atoms with Gasteiger partial charge in [-0.1, -0.05) is 6.07 Å². The van der Waals surface area contributed by atoms with Crippen molar-refractivity contribution < 1.29 is 13.9 Å². The third-order valence-corrected chi connectivity index (χ3v) is 5.33. The third-order valence-electron chi connectivity index (χ3n) is 5.33. The number of aromatic amines is 1. The van der Waals surface area contributed by atoms with Crippen LogP contribution in [0, 0.1) is 12.7 Å². The molecule has 0 radical (unpaired) electrons. The van der Waals surface area contributed by atoms with Gasteiger partial charge in [-0.15, -0.1) is 10.2 Å². The van der Waals surface area contributed by atoms with Crippen LogP contribution < -0.4 is 10.2 Å². The highest BCUT2D eigenvalue weighted by molar-refractivity contribution is 5.94. The number of anilines is 1. The molecule has 31 heavy (non-hydrogen) atoms. The molecule has 1 amide bonds. The number of rotatable bonds is 6. The maximum absolute atomic E-state index is 13.8. The molecule has 1 saturated heterocycles. The minimum absolute atomic E-state index is 0.0824. The Morgan fingerprint density at radius 1 is 1.26 bits per heavy atom. The summed E-state index contributed by atoms with van der Waals surface area (Å²) < 4.78 is 21.6. The molecule has 4 rings (SSSR count). The number of benzene rings is 1. The third kappa shape index (κ3) is 4.61. The zero-order valence-electron chi connectivity index (χ0n) is 17.9. The zero-order chi connectivity index (χ0) is 22.0. The molecule has 0 bridgehead atoms. The summed E-state index contributed by atoms with van der Waals surface area (Å²) in [5.74, 6) is 0.728. The summed E-state index contributed by atoms with van der Waals surface area (Å²) >= 11 is 0. The predicted molar refractivity (Wildman–Crippen MR) is 116 cm³/mol. The molecule has 2 atom stereocenters. The smallest absolute Gasteiger partial charge is 0.251 e. The van der Waals surface area contributed by atoms with Gasteiger partial charge < -0.3 is 19.9 Å². The average Bonchev–Trinajstić information content (AvgIpc) is 3.39. The van der Waals surface area contributed by atoms with Crippen molar-refractivity contribution >= 4 is 11.9 Å². The minimum Gasteiger partial charge on any atom is -0.372 e. The first-order valence-electron chi connectivity index (χ1n) is 10.4. The highest BCUT2D eigenvalue weighted by Crippen LogP contribution is 2.24. The van der Waals surface area contributed by atoms with E-state index < -0.39 is 5.82 Å². The molecule has 2 unspecified atom stereocenters. The lowest BCUT2D eigenvalue weighted by Gasteiger charge is -2.35. The van der Waals surface area contributed by atoms with Gasteiger partial charge in [-0.3, -0.25) is 9.36 Å². The van der Waals surface area contributed by atoms with Gasteiger partial charge in [0.1, 0.15) is 5.82 Å². The molecule has 3 aromatic rings. The minimum atomic E-state index is -0.390. The molecule has 2 N–H and O–H groups in total. The highest BCUT2D eigenvalue weighted by Gasteiger charge is 2.27. The van der Waals surface area contributed by atoms with E-state index in [1.165, 1.54) is 6.07 Å². The monoisotopic (exact) mass is 426 g/mol. The number of aryl methyl sites for hydroxylation is 1. The number of hydrogen-bond acceptors (Lipinski definition) is 5. The number of amides is 1. The lowest BCUT2D eigenvalue weighted by molar-refractivity contribution is -0.00591. The first kappa shape index (κ1) is 21.0. The van der Waals surface area contributed by atoms with E-state index in [-0.39, 0.29) is 18.1 Å². The van der Waals surface area contributed by atoms with Crippen LogP contribution in [0.25, 0.3) is 11.5 Å². The maximum atomic E-state index is 13.8. The predicted octanol–water partition coefficient (Wildman–Crippen LogP) is 2.76. The number of nitrogens with zero attached hydrogens (tertiary/aromatic N) is 4. The molecular weight excluding hydrogens is 399 g/mol. The second-order valence-electron chi connectivity index (χ2n) is 7.94. The number of hydrogen-bond donors (Lipinski definition) is 2. The molecule has 0 saturated carbocycles. The Labute approximate surface area is 180 Å². The fraction of sp³-hybridized carbons (Fsp3) is 0.409. The fourth-order valence-corrected chi connectivity index (χ4v) is 3.86. The van der Waals surface area contributed by atoms with Crippen LogP contribution in [0.1, 0.15) is 29.8 Å². The van der Waals surface area contributed by atoms with Crippen molar-refractivity contribution in [3.63, 3.8) is 0 Å². The number of carbonyl (C=O) groups is 1. The van der Waals surface area contributed by atoms with E-state index in [2.05, 4.69) is 25.4 Å². The number of H-pyrrole nitrogens is 1. The van der Waals surface area contributed by atoms with Gasteiger partial charge in [0.2, 0.25) is 5.95 Å². The first-order valence-corrected chi connectivity index (χ1v) is 10.4. The van der Waals surface area contributed by atoms with E-state index in [4.69, 9.17) is 4.74 Å². The molecule has 0 aliphatic carbocycles. The van der Waals surface area contributed by atoms with Crippen molar-refractivity contribution in [1.29, 1.82) is 0 Å². The topological polar surface area (TPSA) is 88.1 Å². The molecule has 1 fully saturated rings. The van der Waals surface area contributed by atoms with E-state index in [1.54, 1.807) is 19.1 Å². The average molecular weight is 426 g/mol. The van der Waals surface area contributed by atoms with Crippen LogP contribution in [0.2, 0.25) is 0 Å². The summed E-state index contributed by atoms with van der Waals surface area (Å²) in [6, 6.07) is 8.32. The molecule has 164 valence electrons. The molecule has 1 aliphatic rings. The van der Waals surface area contributed by atoms with Crippen molar-refractivity contribution in [2.75, 3.05) is 24.5 Å². The van der Waals surface area contributed by atoms with Crippen molar-refractivity contribution in [3.05, 3.63) is 53.5 Å². The van der Waals surface area contributed by atoms with Crippen LogP contribution in [-0.2, 0) is 11.3 Å². The summed E-state index contributed by atoms with van der Waals surface area (Å²) in [5.41, 5.74) is 1.66. The molecule has 1 aliphatic heterocycles. The summed E-state index contributed by atoms with van der Waals surface area (Å²) in [6.07, 6.45) is 2.00. The van der Waals surface area contributed by atoms with Crippen LogP contribution in [0.5, 0.6) is 0 Å². The Bertz CT molecular complexity index is 1040. The fourth-order valence-electron chi connectivity index (χ4n) is 3.86. The van der Waals surface area contributed by atoms with Crippen LogP contribution in [0.4, 0.5) is 10.3 Å². The normalized spacial score (nSPS) is 18.9. The number of carbonyl (C=O) groups excluding carboxylic acids is 1. The van der Waals surface area contributed by atoms with Gasteiger partial charge in [-0.05, 0) is 50.6 Å². The van der Waals surface area contributed by atoms with Crippen molar-refractivity contribution in [1.82, 2.24) is 25.1 Å².